The van der Waals surface area contributed by atoms with Crippen molar-refractivity contribution < 1.29 is 22.7 Å². The van der Waals surface area contributed by atoms with E-state index in [1.807, 2.05) is 6.07 Å². The van der Waals surface area contributed by atoms with Gasteiger partial charge in [0.05, 0.1) is 31.9 Å². The van der Waals surface area contributed by atoms with Gasteiger partial charge in [-0.1, -0.05) is 60.1 Å². The predicted octanol–water partition coefficient (Wildman–Crippen LogP) is 3.70. The first-order valence-corrected chi connectivity index (χ1v) is 12.0. The first kappa shape index (κ1) is 25.2. The van der Waals surface area contributed by atoms with Gasteiger partial charge in [0.1, 0.15) is 0 Å². The summed E-state index contributed by atoms with van der Waals surface area (Å²) in [5.74, 6) is 0.0445. The third-order valence-corrected chi connectivity index (χ3v) is 6.94. The number of halogens is 1. The maximum atomic E-state index is 13.5. The van der Waals surface area contributed by atoms with Crippen molar-refractivity contribution in [2.75, 3.05) is 20.8 Å². The molecule has 0 unspecified atom stereocenters. The molecule has 3 aromatic rings. The van der Waals surface area contributed by atoms with Gasteiger partial charge in [0.2, 0.25) is 10.0 Å². The summed E-state index contributed by atoms with van der Waals surface area (Å²) < 4.78 is 38.5. The normalized spacial score (nSPS) is 11.5. The second-order valence-electron chi connectivity index (χ2n) is 7.09. The number of hydrazone groups is 1. The van der Waals surface area contributed by atoms with Crippen LogP contribution in [-0.4, -0.2) is 45.6 Å². The van der Waals surface area contributed by atoms with E-state index in [0.29, 0.717) is 16.3 Å². The van der Waals surface area contributed by atoms with Crippen LogP contribution in [0.3, 0.4) is 0 Å². The monoisotopic (exact) mass is 501 g/mol. The molecule has 10 heteroatoms. The summed E-state index contributed by atoms with van der Waals surface area (Å²) in [6, 6.07) is 20.2. The molecule has 3 aromatic carbocycles. The molecule has 0 spiro atoms. The zero-order chi connectivity index (χ0) is 24.6. The van der Waals surface area contributed by atoms with Crippen LogP contribution in [0, 0.1) is 0 Å². The summed E-state index contributed by atoms with van der Waals surface area (Å²) in [6.07, 6.45) is 1.39. The SMILES string of the molecule is COc1ccc(S(=O)(=O)N(CC(=O)N/N=C\c2ccccc2Cl)Cc2ccccc2)cc1OC. The van der Waals surface area contributed by atoms with E-state index in [1.165, 1.54) is 38.6 Å². The molecule has 0 fully saturated rings. The highest BCUT2D eigenvalue weighted by molar-refractivity contribution is 7.89. The van der Waals surface area contributed by atoms with Crippen LogP contribution in [0.5, 0.6) is 11.5 Å². The van der Waals surface area contributed by atoms with Crippen LogP contribution in [0.1, 0.15) is 11.1 Å². The zero-order valence-electron chi connectivity index (χ0n) is 18.6. The van der Waals surface area contributed by atoms with E-state index in [4.69, 9.17) is 21.1 Å². The van der Waals surface area contributed by atoms with Crippen molar-refractivity contribution in [1.29, 1.82) is 0 Å². The number of carbonyl (C=O) groups excluding carboxylic acids is 1. The number of carbonyl (C=O) groups is 1. The molecule has 8 nitrogen and oxygen atoms in total. The number of hydrogen-bond acceptors (Lipinski definition) is 6. The van der Waals surface area contributed by atoms with E-state index in [1.54, 1.807) is 48.5 Å². The predicted molar refractivity (Wildman–Crippen MR) is 131 cm³/mol. The molecule has 0 atom stereocenters. The fourth-order valence-electron chi connectivity index (χ4n) is 3.09. The molecule has 3 rings (SSSR count). The molecule has 1 amide bonds. The summed E-state index contributed by atoms with van der Waals surface area (Å²) in [6.45, 7) is -0.468. The highest BCUT2D eigenvalue weighted by Crippen LogP contribution is 2.31. The lowest BCUT2D eigenvalue weighted by atomic mass is 10.2. The Morgan fingerprint density at radius 3 is 2.35 bits per heavy atom. The van der Waals surface area contributed by atoms with Gasteiger partial charge in [0.15, 0.2) is 11.5 Å². The molecule has 0 saturated heterocycles. The number of nitrogens with one attached hydrogen (secondary N) is 1. The number of nitrogens with zero attached hydrogens (tertiary/aromatic N) is 2. The summed E-state index contributed by atoms with van der Waals surface area (Å²) in [5, 5.41) is 4.37. The highest BCUT2D eigenvalue weighted by atomic mass is 35.5. The number of sulfonamides is 1. The number of rotatable bonds is 10. The molecular weight excluding hydrogens is 478 g/mol. The summed E-state index contributed by atoms with van der Waals surface area (Å²) >= 11 is 6.08. The number of amides is 1. The smallest absolute Gasteiger partial charge is 0.255 e. The van der Waals surface area contributed by atoms with Gasteiger partial charge < -0.3 is 9.47 Å². The average Bonchev–Trinajstić information content (AvgIpc) is 2.85. The number of benzene rings is 3. The van der Waals surface area contributed by atoms with Crippen molar-refractivity contribution in [3.05, 3.63) is 88.9 Å². The third kappa shape index (κ3) is 6.34. The molecule has 178 valence electrons. The Bertz CT molecular complexity index is 1270. The molecule has 0 aliphatic carbocycles. The van der Waals surface area contributed by atoms with Crippen LogP contribution in [0.25, 0.3) is 0 Å². The standard InChI is InChI=1S/C24H24ClN3O5S/c1-32-22-13-12-20(14-23(22)33-2)34(30,31)28(16-18-8-4-3-5-9-18)17-24(29)27-26-15-19-10-6-7-11-21(19)25/h3-15H,16-17H2,1-2H3,(H,27,29)/b26-15-. The highest BCUT2D eigenvalue weighted by Gasteiger charge is 2.28. The molecule has 0 saturated carbocycles. The number of ether oxygens (including phenoxy) is 2. The van der Waals surface area contributed by atoms with Gasteiger partial charge in [-0.25, -0.2) is 13.8 Å². The Labute approximate surface area is 203 Å². The van der Waals surface area contributed by atoms with Gasteiger partial charge in [0.25, 0.3) is 5.91 Å². The first-order valence-electron chi connectivity index (χ1n) is 10.2. The molecule has 0 aromatic heterocycles. The zero-order valence-corrected chi connectivity index (χ0v) is 20.2. The molecular formula is C24H24ClN3O5S. The second kappa shape index (κ2) is 11.6. The van der Waals surface area contributed by atoms with E-state index < -0.39 is 22.5 Å². The van der Waals surface area contributed by atoms with E-state index in [2.05, 4.69) is 10.5 Å². The van der Waals surface area contributed by atoms with Crippen molar-refractivity contribution in [3.8, 4) is 11.5 Å². The molecule has 0 heterocycles. The molecule has 1 N–H and O–H groups in total. The lowest BCUT2D eigenvalue weighted by Crippen LogP contribution is -2.39. The molecule has 34 heavy (non-hydrogen) atoms. The number of hydrogen-bond donors (Lipinski definition) is 1. The Morgan fingerprint density at radius 1 is 1.00 bits per heavy atom. The Kier molecular flexibility index (Phi) is 8.64. The van der Waals surface area contributed by atoms with Gasteiger partial charge in [-0.05, 0) is 23.8 Å². The number of methoxy groups -OCH3 is 2. The maximum Gasteiger partial charge on any atom is 0.255 e. The minimum atomic E-state index is -4.07. The van der Waals surface area contributed by atoms with Crippen LogP contribution in [-0.2, 0) is 21.4 Å². The Hall–Kier alpha value is -3.40. The minimum Gasteiger partial charge on any atom is -0.493 e. The lowest BCUT2D eigenvalue weighted by molar-refractivity contribution is -0.121. The topological polar surface area (TPSA) is 97.3 Å². The Balaban J connectivity index is 1.84. The second-order valence-corrected chi connectivity index (χ2v) is 9.44. The van der Waals surface area contributed by atoms with Crippen LogP contribution in [0.15, 0.2) is 82.8 Å². The molecule has 0 radical (unpaired) electrons. The minimum absolute atomic E-state index is 0.0147. The summed E-state index contributed by atoms with van der Waals surface area (Å²) in [7, 11) is -1.20. The fourth-order valence-corrected chi connectivity index (χ4v) is 4.67. The van der Waals surface area contributed by atoms with E-state index in [-0.39, 0.29) is 17.2 Å². The van der Waals surface area contributed by atoms with Crippen molar-refractivity contribution >= 4 is 33.7 Å². The van der Waals surface area contributed by atoms with E-state index in [9.17, 15) is 13.2 Å². The van der Waals surface area contributed by atoms with Crippen molar-refractivity contribution in [3.63, 3.8) is 0 Å². The molecule has 0 bridgehead atoms. The third-order valence-electron chi connectivity index (χ3n) is 4.81. The molecule has 0 aliphatic heterocycles. The van der Waals surface area contributed by atoms with Crippen molar-refractivity contribution in [2.24, 2.45) is 5.10 Å². The Morgan fingerprint density at radius 2 is 1.68 bits per heavy atom. The van der Waals surface area contributed by atoms with E-state index >= 15 is 0 Å². The molecule has 0 aliphatic rings. The largest absolute Gasteiger partial charge is 0.493 e. The van der Waals surface area contributed by atoms with Gasteiger partial charge in [0, 0.05) is 23.2 Å². The van der Waals surface area contributed by atoms with Gasteiger partial charge in [-0.2, -0.15) is 9.41 Å². The quantitative estimate of drug-likeness (QED) is 0.337. The van der Waals surface area contributed by atoms with Crippen LogP contribution in [0.2, 0.25) is 5.02 Å². The summed E-state index contributed by atoms with van der Waals surface area (Å²) in [5.41, 5.74) is 3.70. The summed E-state index contributed by atoms with van der Waals surface area (Å²) in [4.78, 5) is 12.6. The van der Waals surface area contributed by atoms with Crippen molar-refractivity contribution in [2.45, 2.75) is 11.4 Å². The van der Waals surface area contributed by atoms with Gasteiger partial charge >= 0.3 is 0 Å². The van der Waals surface area contributed by atoms with Gasteiger partial charge in [-0.3, -0.25) is 4.79 Å². The maximum absolute atomic E-state index is 13.5. The fraction of sp³-hybridized carbons (Fsp3) is 0.167. The van der Waals surface area contributed by atoms with Crippen molar-refractivity contribution in [1.82, 2.24) is 9.73 Å². The van der Waals surface area contributed by atoms with E-state index in [0.717, 1.165) is 9.87 Å². The average molecular weight is 502 g/mol. The first-order chi connectivity index (χ1) is 16.3. The van der Waals surface area contributed by atoms with Crippen LogP contribution < -0.4 is 14.9 Å². The van der Waals surface area contributed by atoms with Gasteiger partial charge in [-0.15, -0.1) is 0 Å². The lowest BCUT2D eigenvalue weighted by Gasteiger charge is -2.22. The van der Waals surface area contributed by atoms with Crippen LogP contribution >= 0.6 is 11.6 Å². The van der Waals surface area contributed by atoms with Crippen LogP contribution in [0.4, 0.5) is 0 Å².